The minimum atomic E-state index is -3.44. The highest BCUT2D eigenvalue weighted by Gasteiger charge is 2.31. The molecule has 1 saturated carbocycles. The molecule has 4 nitrogen and oxygen atoms in total. The van der Waals surface area contributed by atoms with E-state index in [-0.39, 0.29) is 10.4 Å². The maximum atomic E-state index is 12.3. The fourth-order valence-corrected chi connectivity index (χ4v) is 3.93. The van der Waals surface area contributed by atoms with E-state index in [2.05, 4.69) is 4.72 Å². The standard InChI is InChI=1S/C13H20N2O2S/c1-13(9-3-2-4-10-13)15-18(16,17)12-7-5-11(14)6-8-12/h5-8,15H,2-4,9-10,14H2,1H3. The number of hydrogen-bond donors (Lipinski definition) is 2. The molecule has 0 spiro atoms. The highest BCUT2D eigenvalue weighted by Crippen LogP contribution is 2.29. The van der Waals surface area contributed by atoms with Crippen molar-refractivity contribution in [3.63, 3.8) is 0 Å². The first-order chi connectivity index (χ1) is 8.41. The highest BCUT2D eigenvalue weighted by atomic mass is 32.2. The van der Waals surface area contributed by atoms with Crippen molar-refractivity contribution in [1.29, 1.82) is 0 Å². The topological polar surface area (TPSA) is 72.2 Å². The summed E-state index contributed by atoms with van der Waals surface area (Å²) in [6.07, 6.45) is 5.17. The number of anilines is 1. The summed E-state index contributed by atoms with van der Waals surface area (Å²) in [7, 11) is -3.44. The van der Waals surface area contributed by atoms with E-state index in [1.54, 1.807) is 24.3 Å². The number of hydrogen-bond acceptors (Lipinski definition) is 3. The summed E-state index contributed by atoms with van der Waals surface area (Å²) >= 11 is 0. The molecule has 1 aromatic rings. The zero-order chi connectivity index (χ0) is 13.2. The van der Waals surface area contributed by atoms with Crippen molar-refractivity contribution in [1.82, 2.24) is 4.72 Å². The average Bonchev–Trinajstić information content (AvgIpc) is 2.29. The largest absolute Gasteiger partial charge is 0.399 e. The van der Waals surface area contributed by atoms with Crippen molar-refractivity contribution < 1.29 is 8.42 Å². The van der Waals surface area contributed by atoms with Gasteiger partial charge in [-0.05, 0) is 44.0 Å². The molecule has 2 rings (SSSR count). The zero-order valence-corrected chi connectivity index (χ0v) is 11.5. The third-order valence-electron chi connectivity index (χ3n) is 3.53. The fourth-order valence-electron chi connectivity index (χ4n) is 2.46. The van der Waals surface area contributed by atoms with Gasteiger partial charge in [0, 0.05) is 11.2 Å². The van der Waals surface area contributed by atoms with Crippen molar-refractivity contribution >= 4 is 15.7 Å². The van der Waals surface area contributed by atoms with Gasteiger partial charge in [0.05, 0.1) is 4.90 Å². The molecule has 0 heterocycles. The van der Waals surface area contributed by atoms with Crippen molar-refractivity contribution in [3.05, 3.63) is 24.3 Å². The molecular weight excluding hydrogens is 248 g/mol. The summed E-state index contributed by atoms with van der Waals surface area (Å²) in [5.41, 5.74) is 5.83. The molecule has 5 heteroatoms. The van der Waals surface area contributed by atoms with Crippen LogP contribution in [0.1, 0.15) is 39.0 Å². The molecule has 0 radical (unpaired) electrons. The maximum absolute atomic E-state index is 12.3. The summed E-state index contributed by atoms with van der Waals surface area (Å²) in [5, 5.41) is 0. The molecule has 0 amide bonds. The Bertz CT molecular complexity index is 502. The van der Waals surface area contributed by atoms with Gasteiger partial charge in [-0.3, -0.25) is 0 Å². The van der Waals surface area contributed by atoms with Crippen LogP contribution in [0.4, 0.5) is 5.69 Å². The van der Waals surface area contributed by atoms with E-state index in [4.69, 9.17) is 5.73 Å². The van der Waals surface area contributed by atoms with Crippen molar-refractivity contribution in [2.45, 2.75) is 49.5 Å². The van der Waals surface area contributed by atoms with Crippen LogP contribution < -0.4 is 10.5 Å². The van der Waals surface area contributed by atoms with Gasteiger partial charge in [-0.15, -0.1) is 0 Å². The van der Waals surface area contributed by atoms with Crippen molar-refractivity contribution in [3.8, 4) is 0 Å². The first-order valence-corrected chi connectivity index (χ1v) is 7.79. The van der Waals surface area contributed by atoms with E-state index < -0.39 is 10.0 Å². The highest BCUT2D eigenvalue weighted by molar-refractivity contribution is 7.89. The monoisotopic (exact) mass is 268 g/mol. The van der Waals surface area contributed by atoms with E-state index in [0.717, 1.165) is 25.7 Å². The van der Waals surface area contributed by atoms with Gasteiger partial charge in [-0.2, -0.15) is 0 Å². The van der Waals surface area contributed by atoms with Crippen LogP contribution in [0.3, 0.4) is 0 Å². The SMILES string of the molecule is CC1(NS(=O)(=O)c2ccc(N)cc2)CCCCC1. The summed E-state index contributed by atoms with van der Waals surface area (Å²) in [6, 6.07) is 6.31. The molecule has 3 N–H and O–H groups in total. The summed E-state index contributed by atoms with van der Waals surface area (Å²) in [4.78, 5) is 0.281. The van der Waals surface area contributed by atoms with Crippen LogP contribution in [0.25, 0.3) is 0 Å². The van der Waals surface area contributed by atoms with Gasteiger partial charge in [-0.25, -0.2) is 13.1 Å². The van der Waals surface area contributed by atoms with Gasteiger partial charge in [-0.1, -0.05) is 19.3 Å². The predicted molar refractivity (Wildman–Crippen MR) is 72.7 cm³/mol. The second kappa shape index (κ2) is 4.90. The van der Waals surface area contributed by atoms with E-state index in [0.29, 0.717) is 5.69 Å². The fraction of sp³-hybridized carbons (Fsp3) is 0.538. The Morgan fingerprint density at radius 3 is 2.22 bits per heavy atom. The minimum absolute atomic E-state index is 0.281. The van der Waals surface area contributed by atoms with Crippen LogP contribution in [0.2, 0.25) is 0 Å². The normalized spacial score (nSPS) is 19.6. The summed E-state index contributed by atoms with van der Waals surface area (Å²) in [6.45, 7) is 1.99. The van der Waals surface area contributed by atoms with E-state index in [1.807, 2.05) is 6.92 Å². The van der Waals surface area contributed by atoms with Gasteiger partial charge < -0.3 is 5.73 Å². The Morgan fingerprint density at radius 1 is 1.11 bits per heavy atom. The Kier molecular flexibility index (Phi) is 3.64. The molecular formula is C13H20N2O2S. The lowest BCUT2D eigenvalue weighted by Crippen LogP contribution is -2.47. The van der Waals surface area contributed by atoms with Gasteiger partial charge in [0.2, 0.25) is 10.0 Å². The van der Waals surface area contributed by atoms with Crippen LogP contribution in [0.5, 0.6) is 0 Å². The van der Waals surface area contributed by atoms with Gasteiger partial charge >= 0.3 is 0 Å². The molecule has 0 saturated heterocycles. The molecule has 1 fully saturated rings. The summed E-state index contributed by atoms with van der Waals surface area (Å²) in [5.74, 6) is 0. The maximum Gasteiger partial charge on any atom is 0.241 e. The zero-order valence-electron chi connectivity index (χ0n) is 10.6. The second-order valence-electron chi connectivity index (χ2n) is 5.30. The van der Waals surface area contributed by atoms with Crippen LogP contribution in [-0.4, -0.2) is 14.0 Å². The van der Waals surface area contributed by atoms with Crippen molar-refractivity contribution in [2.75, 3.05) is 5.73 Å². The van der Waals surface area contributed by atoms with Crippen LogP contribution >= 0.6 is 0 Å². The first-order valence-electron chi connectivity index (χ1n) is 6.31. The molecule has 0 atom stereocenters. The van der Waals surface area contributed by atoms with Gasteiger partial charge in [0.25, 0.3) is 0 Å². The first kappa shape index (κ1) is 13.4. The number of nitrogen functional groups attached to an aromatic ring is 1. The third kappa shape index (κ3) is 3.03. The molecule has 1 aliphatic carbocycles. The van der Waals surface area contributed by atoms with E-state index in [1.165, 1.54) is 6.42 Å². The Balaban J connectivity index is 2.18. The van der Waals surface area contributed by atoms with Gasteiger partial charge in [0.1, 0.15) is 0 Å². The second-order valence-corrected chi connectivity index (χ2v) is 6.98. The molecule has 1 aliphatic rings. The van der Waals surface area contributed by atoms with Gasteiger partial charge in [0.15, 0.2) is 0 Å². The van der Waals surface area contributed by atoms with Crippen LogP contribution in [-0.2, 0) is 10.0 Å². The van der Waals surface area contributed by atoms with Crippen molar-refractivity contribution in [2.24, 2.45) is 0 Å². The lowest BCUT2D eigenvalue weighted by molar-refractivity contribution is 0.294. The van der Waals surface area contributed by atoms with Crippen LogP contribution in [0, 0.1) is 0 Å². The number of rotatable bonds is 3. The molecule has 100 valence electrons. The third-order valence-corrected chi connectivity index (χ3v) is 5.18. The van der Waals surface area contributed by atoms with Crippen LogP contribution in [0.15, 0.2) is 29.2 Å². The average molecular weight is 268 g/mol. The molecule has 0 aliphatic heterocycles. The summed E-state index contributed by atoms with van der Waals surface area (Å²) < 4.78 is 27.4. The number of nitrogens with two attached hydrogens (primary N) is 1. The smallest absolute Gasteiger partial charge is 0.241 e. The quantitative estimate of drug-likeness (QED) is 0.826. The molecule has 18 heavy (non-hydrogen) atoms. The molecule has 1 aromatic carbocycles. The molecule has 0 bridgehead atoms. The predicted octanol–water partition coefficient (Wildman–Crippen LogP) is 2.27. The van der Waals surface area contributed by atoms with E-state index in [9.17, 15) is 8.42 Å². The lowest BCUT2D eigenvalue weighted by Gasteiger charge is -2.34. The minimum Gasteiger partial charge on any atom is -0.399 e. The lowest BCUT2D eigenvalue weighted by atomic mass is 9.84. The number of nitrogens with one attached hydrogen (secondary N) is 1. The van der Waals surface area contributed by atoms with E-state index >= 15 is 0 Å². The number of sulfonamides is 1. The molecule has 0 aromatic heterocycles. The number of benzene rings is 1. The molecule has 0 unspecified atom stereocenters. The Labute approximate surface area is 109 Å². The Hall–Kier alpha value is -1.07. The Morgan fingerprint density at radius 2 is 1.67 bits per heavy atom.